The van der Waals surface area contributed by atoms with Gasteiger partial charge in [-0.05, 0) is 38.6 Å². The summed E-state index contributed by atoms with van der Waals surface area (Å²) in [6.45, 7) is 3.44. The van der Waals surface area contributed by atoms with Crippen LogP contribution in [-0.4, -0.2) is 29.6 Å². The van der Waals surface area contributed by atoms with E-state index in [4.69, 9.17) is 10.2 Å². The van der Waals surface area contributed by atoms with Crippen molar-refractivity contribution in [3.8, 4) is 0 Å². The molecule has 0 aromatic heterocycles. The number of nitrogens with one attached hydrogen (secondary N) is 1. The molecule has 3 nitrogen and oxygen atoms in total. The van der Waals surface area contributed by atoms with E-state index < -0.39 is 6.29 Å². The summed E-state index contributed by atoms with van der Waals surface area (Å²) in [7, 11) is 0. The van der Waals surface area contributed by atoms with E-state index in [1.165, 1.54) is 89.9 Å². The third kappa shape index (κ3) is 21.6. The van der Waals surface area contributed by atoms with Crippen LogP contribution >= 0.6 is 0 Å². The van der Waals surface area contributed by atoms with Gasteiger partial charge in [-0.3, -0.25) is 0 Å². The zero-order valence-corrected chi connectivity index (χ0v) is 16.1. The number of hydrogen-bond donors (Lipinski definition) is 3. The summed E-state index contributed by atoms with van der Waals surface area (Å²) >= 11 is 0. The van der Waals surface area contributed by atoms with E-state index in [0.29, 0.717) is 0 Å². The van der Waals surface area contributed by atoms with Crippen LogP contribution in [-0.2, 0) is 0 Å². The molecular weight excluding hydrogens is 298 g/mol. The van der Waals surface area contributed by atoms with Gasteiger partial charge >= 0.3 is 0 Å². The van der Waals surface area contributed by atoms with E-state index in [-0.39, 0.29) is 6.54 Å². The summed E-state index contributed by atoms with van der Waals surface area (Å²) in [6.07, 6.45) is 23.5. The fourth-order valence-electron chi connectivity index (χ4n) is 2.91. The summed E-state index contributed by atoms with van der Waals surface area (Å²) < 4.78 is 0. The topological polar surface area (TPSA) is 52.5 Å². The van der Waals surface area contributed by atoms with Gasteiger partial charge in [0.2, 0.25) is 0 Å². The van der Waals surface area contributed by atoms with Crippen LogP contribution in [0, 0.1) is 0 Å². The first-order valence-electron chi connectivity index (χ1n) is 10.5. The highest BCUT2D eigenvalue weighted by atomic mass is 16.5. The lowest BCUT2D eigenvalue weighted by Gasteiger charge is -2.05. The minimum absolute atomic E-state index is 0.283. The molecule has 0 aromatic carbocycles. The maximum atomic E-state index is 8.68. The molecule has 144 valence electrons. The Kier molecular flexibility index (Phi) is 20.3. The second kappa shape index (κ2) is 20.7. The normalized spacial score (nSPS) is 11.8. The highest BCUT2D eigenvalue weighted by molar-refractivity contribution is 4.81. The van der Waals surface area contributed by atoms with Crippen molar-refractivity contribution in [1.82, 2.24) is 5.32 Å². The molecule has 0 spiro atoms. The maximum absolute atomic E-state index is 8.68. The molecule has 0 aliphatic carbocycles. The lowest BCUT2D eigenvalue weighted by molar-refractivity contribution is -0.0370. The van der Waals surface area contributed by atoms with Gasteiger partial charge in [-0.15, -0.1) is 0 Å². The van der Waals surface area contributed by atoms with Crippen LogP contribution in [0.2, 0.25) is 0 Å². The van der Waals surface area contributed by atoms with Crippen molar-refractivity contribution in [2.45, 2.75) is 110 Å². The van der Waals surface area contributed by atoms with Gasteiger partial charge in [0.05, 0.1) is 0 Å². The predicted molar refractivity (Wildman–Crippen MR) is 105 cm³/mol. The van der Waals surface area contributed by atoms with Gasteiger partial charge in [-0.25, -0.2) is 0 Å². The number of aliphatic hydroxyl groups is 2. The predicted octanol–water partition coefficient (Wildman–Crippen LogP) is 5.31. The van der Waals surface area contributed by atoms with Crippen molar-refractivity contribution in [3.63, 3.8) is 0 Å². The Labute approximate surface area is 150 Å². The van der Waals surface area contributed by atoms with Gasteiger partial charge in [0.15, 0.2) is 6.29 Å². The fourth-order valence-corrected chi connectivity index (χ4v) is 2.91. The van der Waals surface area contributed by atoms with Gasteiger partial charge in [0.1, 0.15) is 0 Å². The smallest absolute Gasteiger partial charge is 0.164 e. The molecule has 0 unspecified atom stereocenters. The molecule has 24 heavy (non-hydrogen) atoms. The SMILES string of the molecule is CCCCCCCCCC=CCCCCCCCCNCC(O)O. The Morgan fingerprint density at radius 3 is 1.62 bits per heavy atom. The van der Waals surface area contributed by atoms with E-state index >= 15 is 0 Å². The van der Waals surface area contributed by atoms with Crippen LogP contribution in [0.1, 0.15) is 103 Å². The summed E-state index contributed by atoms with van der Waals surface area (Å²) in [6, 6.07) is 0. The molecule has 0 rings (SSSR count). The molecule has 0 aromatic rings. The van der Waals surface area contributed by atoms with E-state index in [1.54, 1.807) is 0 Å². The van der Waals surface area contributed by atoms with Crippen molar-refractivity contribution < 1.29 is 10.2 Å². The van der Waals surface area contributed by atoms with E-state index in [9.17, 15) is 0 Å². The molecule has 0 fully saturated rings. The average Bonchev–Trinajstić information content (AvgIpc) is 2.56. The number of hydrogen-bond acceptors (Lipinski definition) is 3. The van der Waals surface area contributed by atoms with Crippen molar-refractivity contribution >= 4 is 0 Å². The van der Waals surface area contributed by atoms with Gasteiger partial charge < -0.3 is 15.5 Å². The van der Waals surface area contributed by atoms with Crippen LogP contribution in [0.4, 0.5) is 0 Å². The quantitative estimate of drug-likeness (QED) is 0.169. The zero-order chi connectivity index (χ0) is 17.7. The number of rotatable bonds is 19. The fraction of sp³-hybridized carbons (Fsp3) is 0.905. The van der Waals surface area contributed by atoms with Crippen molar-refractivity contribution in [1.29, 1.82) is 0 Å². The Morgan fingerprint density at radius 2 is 1.12 bits per heavy atom. The van der Waals surface area contributed by atoms with E-state index in [0.717, 1.165) is 13.0 Å². The molecule has 0 aliphatic rings. The van der Waals surface area contributed by atoms with Crippen LogP contribution in [0.3, 0.4) is 0 Å². The Bertz CT molecular complexity index is 254. The first kappa shape index (κ1) is 23.6. The number of allylic oxidation sites excluding steroid dienone is 2. The lowest BCUT2D eigenvalue weighted by atomic mass is 10.1. The summed E-state index contributed by atoms with van der Waals surface area (Å²) in [5, 5.41) is 20.4. The van der Waals surface area contributed by atoms with Gasteiger partial charge in [0.25, 0.3) is 0 Å². The molecule has 0 aliphatic heterocycles. The van der Waals surface area contributed by atoms with Crippen LogP contribution in [0.5, 0.6) is 0 Å². The third-order valence-electron chi connectivity index (χ3n) is 4.44. The van der Waals surface area contributed by atoms with Crippen molar-refractivity contribution in [3.05, 3.63) is 12.2 Å². The molecule has 3 heteroatoms. The molecule has 0 saturated carbocycles. The van der Waals surface area contributed by atoms with Gasteiger partial charge in [0, 0.05) is 6.54 Å². The standard InChI is InChI=1S/C21H43NO2/c1-2-3-4-5-6-7-8-9-10-11-12-13-14-15-16-17-18-19-22-20-21(23)24/h10-11,21-24H,2-9,12-20H2,1H3. The Hall–Kier alpha value is -0.380. The van der Waals surface area contributed by atoms with E-state index in [2.05, 4.69) is 24.4 Å². The first-order chi connectivity index (χ1) is 11.8. The Balaban J connectivity index is 3.06. The summed E-state index contributed by atoms with van der Waals surface area (Å²) in [5.41, 5.74) is 0. The highest BCUT2D eigenvalue weighted by Gasteiger charge is 1.95. The zero-order valence-electron chi connectivity index (χ0n) is 16.1. The average molecular weight is 342 g/mol. The van der Waals surface area contributed by atoms with E-state index in [1.807, 2.05) is 0 Å². The van der Waals surface area contributed by atoms with Crippen LogP contribution < -0.4 is 5.32 Å². The highest BCUT2D eigenvalue weighted by Crippen LogP contribution is 2.10. The molecule has 0 saturated heterocycles. The third-order valence-corrected chi connectivity index (χ3v) is 4.44. The van der Waals surface area contributed by atoms with Crippen LogP contribution in [0.15, 0.2) is 12.2 Å². The molecule has 0 radical (unpaired) electrons. The molecule has 0 atom stereocenters. The minimum atomic E-state index is -1.22. The number of aliphatic hydroxyl groups excluding tert-OH is 1. The lowest BCUT2D eigenvalue weighted by Crippen LogP contribution is -2.26. The molecule has 3 N–H and O–H groups in total. The Morgan fingerprint density at radius 1 is 0.667 bits per heavy atom. The second-order valence-electron chi connectivity index (χ2n) is 6.98. The molecule has 0 heterocycles. The van der Waals surface area contributed by atoms with Crippen LogP contribution in [0.25, 0.3) is 0 Å². The molecule has 0 bridgehead atoms. The van der Waals surface area contributed by atoms with Gasteiger partial charge in [-0.2, -0.15) is 0 Å². The summed E-state index contributed by atoms with van der Waals surface area (Å²) in [4.78, 5) is 0. The van der Waals surface area contributed by atoms with Crippen molar-refractivity contribution in [2.24, 2.45) is 0 Å². The molecule has 0 amide bonds. The minimum Gasteiger partial charge on any atom is -0.367 e. The second-order valence-corrected chi connectivity index (χ2v) is 6.98. The number of unbranched alkanes of at least 4 members (excludes halogenated alkanes) is 13. The summed E-state index contributed by atoms with van der Waals surface area (Å²) in [5.74, 6) is 0. The van der Waals surface area contributed by atoms with Gasteiger partial charge in [-0.1, -0.05) is 83.3 Å². The maximum Gasteiger partial charge on any atom is 0.164 e. The largest absolute Gasteiger partial charge is 0.367 e. The monoisotopic (exact) mass is 341 g/mol. The first-order valence-corrected chi connectivity index (χ1v) is 10.5. The molecular formula is C21H43NO2. The van der Waals surface area contributed by atoms with Crippen molar-refractivity contribution in [2.75, 3.05) is 13.1 Å².